The predicted molar refractivity (Wildman–Crippen MR) is 76.3 cm³/mol. The molecule has 6 heteroatoms. The summed E-state index contributed by atoms with van der Waals surface area (Å²) in [6.45, 7) is 4.68. The van der Waals surface area contributed by atoms with Crippen LogP contribution in [-0.4, -0.2) is 36.1 Å². The Morgan fingerprint density at radius 1 is 1.48 bits per heavy atom. The number of ether oxygens (including phenoxy) is 1. The highest BCUT2D eigenvalue weighted by Gasteiger charge is 2.34. The lowest BCUT2D eigenvalue weighted by Gasteiger charge is -2.39. The first-order chi connectivity index (χ1) is 9.99. The minimum Gasteiger partial charge on any atom is -0.442 e. The van der Waals surface area contributed by atoms with Gasteiger partial charge in [-0.05, 0) is 24.6 Å². The number of carbonyl (C=O) groups is 2. The van der Waals surface area contributed by atoms with Crippen molar-refractivity contribution >= 4 is 17.7 Å². The predicted octanol–water partition coefficient (Wildman–Crippen LogP) is 2.63. The molecule has 1 unspecified atom stereocenters. The molecule has 2 amide bonds. The third-order valence-corrected chi connectivity index (χ3v) is 3.54. The number of amides is 2. The van der Waals surface area contributed by atoms with Crippen molar-refractivity contribution in [1.82, 2.24) is 4.90 Å². The Morgan fingerprint density at radius 2 is 2.19 bits per heavy atom. The summed E-state index contributed by atoms with van der Waals surface area (Å²) in [6.07, 6.45) is -0.145. The number of rotatable bonds is 4. The molecule has 0 radical (unpaired) electrons. The second kappa shape index (κ2) is 6.56. The fraction of sp³-hybridized carbons (Fsp3) is 0.467. The number of benzene rings is 1. The van der Waals surface area contributed by atoms with Gasteiger partial charge in [0.05, 0.1) is 13.1 Å². The van der Waals surface area contributed by atoms with E-state index in [0.29, 0.717) is 18.8 Å². The summed E-state index contributed by atoms with van der Waals surface area (Å²) in [6, 6.07) is 5.58. The smallest absolute Gasteiger partial charge is 0.412 e. The molecule has 0 aromatic heterocycles. The number of carbonyl (C=O) groups excluding carboxylic acids is 2. The Kier molecular flexibility index (Phi) is 4.77. The number of nitrogens with zero attached hydrogens (tertiary/aromatic N) is 1. The van der Waals surface area contributed by atoms with Gasteiger partial charge in [0.15, 0.2) is 0 Å². The Hall–Kier alpha value is -2.11. The molecule has 1 aromatic rings. The Balaban J connectivity index is 1.75. The number of likely N-dealkylation sites (tertiary alicyclic amines) is 1. The van der Waals surface area contributed by atoms with Gasteiger partial charge in [-0.1, -0.05) is 19.9 Å². The molecule has 1 aliphatic heterocycles. The van der Waals surface area contributed by atoms with Crippen molar-refractivity contribution in [3.8, 4) is 0 Å². The summed E-state index contributed by atoms with van der Waals surface area (Å²) in [7, 11) is 0. The first kappa shape index (κ1) is 15.3. The topological polar surface area (TPSA) is 58.6 Å². The van der Waals surface area contributed by atoms with Crippen LogP contribution in [0.4, 0.5) is 14.9 Å². The largest absolute Gasteiger partial charge is 0.442 e. The highest BCUT2D eigenvalue weighted by molar-refractivity contribution is 5.85. The average molecular weight is 294 g/mol. The Labute approximate surface area is 123 Å². The maximum Gasteiger partial charge on any atom is 0.412 e. The number of halogens is 1. The van der Waals surface area contributed by atoms with Crippen LogP contribution < -0.4 is 5.32 Å². The zero-order valence-electron chi connectivity index (χ0n) is 12.1. The number of nitrogens with one attached hydrogen (secondary N) is 1. The van der Waals surface area contributed by atoms with Gasteiger partial charge < -0.3 is 9.64 Å². The van der Waals surface area contributed by atoms with Crippen molar-refractivity contribution < 1.29 is 18.7 Å². The second-order valence-corrected chi connectivity index (χ2v) is 5.22. The summed E-state index contributed by atoms with van der Waals surface area (Å²) >= 11 is 0. The molecule has 1 aromatic carbocycles. The molecule has 1 saturated heterocycles. The van der Waals surface area contributed by atoms with Crippen molar-refractivity contribution in [2.45, 2.75) is 26.4 Å². The van der Waals surface area contributed by atoms with Crippen LogP contribution in [0, 0.1) is 11.7 Å². The molecule has 1 atom stereocenters. The normalized spacial score (nSPS) is 16.0. The highest BCUT2D eigenvalue weighted by Crippen LogP contribution is 2.18. The molecule has 0 aliphatic carbocycles. The number of hydrogen-bond donors (Lipinski definition) is 1. The SMILES string of the molecule is CCC(C)C(=O)N1CC(OC(=O)Nc2cccc(F)c2)C1. The van der Waals surface area contributed by atoms with Gasteiger partial charge in [-0.15, -0.1) is 0 Å². The molecule has 1 heterocycles. The van der Waals surface area contributed by atoms with Crippen molar-refractivity contribution in [2.75, 3.05) is 18.4 Å². The van der Waals surface area contributed by atoms with E-state index in [1.165, 1.54) is 18.2 Å². The lowest BCUT2D eigenvalue weighted by molar-refractivity contribution is -0.145. The van der Waals surface area contributed by atoms with Gasteiger partial charge in [-0.2, -0.15) is 0 Å². The summed E-state index contributed by atoms with van der Waals surface area (Å²) in [5.74, 6) is -0.350. The van der Waals surface area contributed by atoms with E-state index >= 15 is 0 Å². The van der Waals surface area contributed by atoms with E-state index in [9.17, 15) is 14.0 Å². The van der Waals surface area contributed by atoms with Gasteiger partial charge >= 0.3 is 6.09 Å². The molecule has 0 bridgehead atoms. The van der Waals surface area contributed by atoms with E-state index in [1.54, 1.807) is 11.0 Å². The lowest BCUT2D eigenvalue weighted by atomic mass is 10.0. The van der Waals surface area contributed by atoms with Crippen LogP contribution in [0.2, 0.25) is 0 Å². The second-order valence-electron chi connectivity index (χ2n) is 5.22. The molecule has 2 rings (SSSR count). The molecule has 1 fully saturated rings. The first-order valence-corrected chi connectivity index (χ1v) is 7.01. The van der Waals surface area contributed by atoms with Crippen LogP contribution in [0.3, 0.4) is 0 Å². The van der Waals surface area contributed by atoms with Gasteiger partial charge in [-0.25, -0.2) is 9.18 Å². The molecule has 114 valence electrons. The summed E-state index contributed by atoms with van der Waals surface area (Å²) < 4.78 is 18.1. The summed E-state index contributed by atoms with van der Waals surface area (Å²) in [5.41, 5.74) is 0.340. The zero-order valence-corrected chi connectivity index (χ0v) is 12.1. The van der Waals surface area contributed by atoms with Crippen LogP contribution in [0.15, 0.2) is 24.3 Å². The number of anilines is 1. The molecule has 1 aliphatic rings. The highest BCUT2D eigenvalue weighted by atomic mass is 19.1. The van der Waals surface area contributed by atoms with E-state index < -0.39 is 11.9 Å². The standard InChI is InChI=1S/C15H19FN2O3/c1-3-10(2)14(19)18-8-13(9-18)21-15(20)17-12-6-4-5-11(16)7-12/h4-7,10,13H,3,8-9H2,1-2H3,(H,17,20). The molecule has 0 saturated carbocycles. The van der Waals surface area contributed by atoms with Gasteiger partial charge in [0.2, 0.25) is 5.91 Å². The lowest BCUT2D eigenvalue weighted by Crippen LogP contribution is -2.56. The monoisotopic (exact) mass is 294 g/mol. The minimum atomic E-state index is -0.638. The van der Waals surface area contributed by atoms with Crippen LogP contribution in [0.5, 0.6) is 0 Å². The van der Waals surface area contributed by atoms with Crippen molar-refractivity contribution in [1.29, 1.82) is 0 Å². The van der Waals surface area contributed by atoms with Gasteiger partial charge in [0.25, 0.3) is 0 Å². The van der Waals surface area contributed by atoms with Crippen LogP contribution in [0.1, 0.15) is 20.3 Å². The fourth-order valence-electron chi connectivity index (χ4n) is 2.04. The van der Waals surface area contributed by atoms with E-state index in [4.69, 9.17) is 4.74 Å². The van der Waals surface area contributed by atoms with E-state index in [0.717, 1.165) is 6.42 Å². The van der Waals surface area contributed by atoms with Crippen molar-refractivity contribution in [3.63, 3.8) is 0 Å². The van der Waals surface area contributed by atoms with E-state index in [1.807, 2.05) is 13.8 Å². The minimum absolute atomic E-state index is 0.00734. The van der Waals surface area contributed by atoms with Crippen LogP contribution in [0.25, 0.3) is 0 Å². The van der Waals surface area contributed by atoms with Crippen LogP contribution in [-0.2, 0) is 9.53 Å². The third-order valence-electron chi connectivity index (χ3n) is 3.54. The van der Waals surface area contributed by atoms with Crippen molar-refractivity contribution in [2.24, 2.45) is 5.92 Å². The van der Waals surface area contributed by atoms with Crippen LogP contribution >= 0.6 is 0 Å². The molecule has 21 heavy (non-hydrogen) atoms. The zero-order chi connectivity index (χ0) is 15.4. The third kappa shape index (κ3) is 3.93. The molecular weight excluding hydrogens is 275 g/mol. The van der Waals surface area contributed by atoms with E-state index in [2.05, 4.69) is 5.32 Å². The Bertz CT molecular complexity index is 529. The quantitative estimate of drug-likeness (QED) is 0.928. The van der Waals surface area contributed by atoms with Gasteiger partial charge in [0, 0.05) is 11.6 Å². The maximum atomic E-state index is 13.0. The maximum absolute atomic E-state index is 13.0. The summed E-state index contributed by atoms with van der Waals surface area (Å²) in [5, 5.41) is 2.46. The average Bonchev–Trinajstić information content (AvgIpc) is 2.40. The molecule has 5 nitrogen and oxygen atoms in total. The fourth-order valence-corrected chi connectivity index (χ4v) is 2.04. The molecule has 0 spiro atoms. The molecular formula is C15H19FN2O3. The van der Waals surface area contributed by atoms with Crippen molar-refractivity contribution in [3.05, 3.63) is 30.1 Å². The van der Waals surface area contributed by atoms with Gasteiger partial charge in [-0.3, -0.25) is 10.1 Å². The van der Waals surface area contributed by atoms with E-state index in [-0.39, 0.29) is 17.9 Å². The van der Waals surface area contributed by atoms with Gasteiger partial charge in [0.1, 0.15) is 11.9 Å². The Morgan fingerprint density at radius 3 is 2.81 bits per heavy atom. The molecule has 1 N–H and O–H groups in total. The summed E-state index contributed by atoms with van der Waals surface area (Å²) in [4.78, 5) is 25.2. The number of hydrogen-bond acceptors (Lipinski definition) is 3. The first-order valence-electron chi connectivity index (χ1n) is 7.01.